The third kappa shape index (κ3) is 2.78. The summed E-state index contributed by atoms with van der Waals surface area (Å²) in [6.07, 6.45) is 2.30. The van der Waals surface area contributed by atoms with Crippen LogP contribution in [0, 0.1) is 0 Å². The molecule has 0 aromatic heterocycles. The zero-order chi connectivity index (χ0) is 14.8. The summed E-state index contributed by atoms with van der Waals surface area (Å²) in [5.41, 5.74) is 3.09. The van der Waals surface area contributed by atoms with Crippen molar-refractivity contribution in [2.24, 2.45) is 0 Å². The van der Waals surface area contributed by atoms with Crippen molar-refractivity contribution in [1.29, 1.82) is 0 Å². The normalized spacial score (nSPS) is 12.7. The van der Waals surface area contributed by atoms with Gasteiger partial charge in [0.25, 0.3) is 5.91 Å². The molecule has 106 valence electrons. The number of hydrogen-bond acceptors (Lipinski definition) is 3. The number of benzene rings is 2. The molecule has 2 amide bonds. The van der Waals surface area contributed by atoms with Crippen LogP contribution in [0.15, 0.2) is 47.4 Å². The first-order valence-corrected chi connectivity index (χ1v) is 7.77. The molecule has 5 heteroatoms. The van der Waals surface area contributed by atoms with E-state index < -0.39 is 0 Å². The molecule has 0 saturated heterocycles. The van der Waals surface area contributed by atoms with E-state index in [1.54, 1.807) is 12.1 Å². The molecule has 2 N–H and O–H groups in total. The molecule has 4 nitrogen and oxygen atoms in total. The third-order valence-corrected chi connectivity index (χ3v) is 4.14. The molecule has 0 bridgehead atoms. The Bertz CT molecular complexity index is 728. The van der Waals surface area contributed by atoms with Gasteiger partial charge in [-0.3, -0.25) is 9.59 Å². The topological polar surface area (TPSA) is 58.2 Å². The van der Waals surface area contributed by atoms with Crippen LogP contribution in [0.25, 0.3) is 0 Å². The number of carbonyl (C=O) groups is 2. The molecule has 0 radical (unpaired) electrons. The maximum atomic E-state index is 12.4. The van der Waals surface area contributed by atoms with Gasteiger partial charge in [0.15, 0.2) is 0 Å². The van der Waals surface area contributed by atoms with Crippen molar-refractivity contribution in [2.75, 3.05) is 16.9 Å². The largest absolute Gasteiger partial charge is 0.326 e. The number of anilines is 2. The highest BCUT2D eigenvalue weighted by Gasteiger charge is 2.18. The van der Waals surface area contributed by atoms with Crippen molar-refractivity contribution in [3.05, 3.63) is 53.6 Å². The number of thioether (sulfide) groups is 1. The van der Waals surface area contributed by atoms with Gasteiger partial charge < -0.3 is 10.6 Å². The van der Waals surface area contributed by atoms with Gasteiger partial charge in [-0.15, -0.1) is 11.8 Å². The van der Waals surface area contributed by atoms with Crippen LogP contribution in [-0.2, 0) is 11.2 Å². The molecule has 1 aliphatic heterocycles. The fourth-order valence-corrected chi connectivity index (χ4v) is 2.93. The molecular weight excluding hydrogens is 284 g/mol. The van der Waals surface area contributed by atoms with Gasteiger partial charge in [-0.2, -0.15) is 0 Å². The van der Waals surface area contributed by atoms with Crippen molar-refractivity contribution in [1.82, 2.24) is 0 Å². The first-order chi connectivity index (χ1) is 10.2. The summed E-state index contributed by atoms with van der Waals surface area (Å²) < 4.78 is 0. The minimum atomic E-state index is -0.141. The van der Waals surface area contributed by atoms with E-state index >= 15 is 0 Å². The molecule has 0 fully saturated rings. The quantitative estimate of drug-likeness (QED) is 0.856. The summed E-state index contributed by atoms with van der Waals surface area (Å²) in [6, 6.07) is 12.9. The fourth-order valence-electron chi connectivity index (χ4n) is 2.34. The number of fused-ring (bicyclic) bond motifs is 1. The lowest BCUT2D eigenvalue weighted by atomic mass is 10.1. The standard InChI is InChI=1S/C16H14N2O2S/c1-21-14-5-3-2-4-12(14)16(20)17-11-6-7-13-10(8-11)9-15(19)18-13/h2-8H,9H2,1H3,(H,17,20)(H,18,19). The van der Waals surface area contributed by atoms with Crippen LogP contribution in [0.2, 0.25) is 0 Å². The molecule has 0 unspecified atom stereocenters. The van der Waals surface area contributed by atoms with Crippen molar-refractivity contribution in [3.8, 4) is 0 Å². The maximum Gasteiger partial charge on any atom is 0.256 e. The summed E-state index contributed by atoms with van der Waals surface area (Å²) in [5.74, 6) is -0.154. The van der Waals surface area contributed by atoms with Crippen LogP contribution in [0.3, 0.4) is 0 Å². The lowest BCUT2D eigenvalue weighted by Gasteiger charge is -2.09. The van der Waals surface area contributed by atoms with Crippen LogP contribution in [0.1, 0.15) is 15.9 Å². The molecule has 1 heterocycles. The van der Waals surface area contributed by atoms with Crippen molar-refractivity contribution in [3.63, 3.8) is 0 Å². The van der Waals surface area contributed by atoms with E-state index in [0.29, 0.717) is 17.7 Å². The zero-order valence-corrected chi connectivity index (χ0v) is 12.3. The van der Waals surface area contributed by atoms with Gasteiger partial charge >= 0.3 is 0 Å². The molecule has 0 atom stereocenters. The number of nitrogens with one attached hydrogen (secondary N) is 2. The zero-order valence-electron chi connectivity index (χ0n) is 11.5. The first kappa shape index (κ1) is 13.7. The van der Waals surface area contributed by atoms with Crippen LogP contribution in [0.4, 0.5) is 11.4 Å². The number of rotatable bonds is 3. The van der Waals surface area contributed by atoms with Crippen LogP contribution in [0.5, 0.6) is 0 Å². The summed E-state index contributed by atoms with van der Waals surface area (Å²) >= 11 is 1.54. The van der Waals surface area contributed by atoms with E-state index in [4.69, 9.17) is 0 Å². The number of hydrogen-bond donors (Lipinski definition) is 2. The van der Waals surface area contributed by atoms with Gasteiger partial charge in [0.05, 0.1) is 12.0 Å². The Hall–Kier alpha value is -2.27. The minimum absolute atomic E-state index is 0.0128. The second kappa shape index (κ2) is 5.61. The molecule has 3 rings (SSSR count). The van der Waals surface area contributed by atoms with Crippen molar-refractivity contribution < 1.29 is 9.59 Å². The summed E-state index contributed by atoms with van der Waals surface area (Å²) in [7, 11) is 0. The van der Waals surface area contributed by atoms with E-state index in [2.05, 4.69) is 10.6 Å². The third-order valence-electron chi connectivity index (χ3n) is 3.34. The maximum absolute atomic E-state index is 12.4. The van der Waals surface area contributed by atoms with E-state index in [-0.39, 0.29) is 11.8 Å². The average Bonchev–Trinajstić information content (AvgIpc) is 2.86. The van der Waals surface area contributed by atoms with Gasteiger partial charge in [-0.1, -0.05) is 12.1 Å². The molecule has 1 aliphatic rings. The number of amides is 2. The number of carbonyl (C=O) groups excluding carboxylic acids is 2. The van der Waals surface area contributed by atoms with Gasteiger partial charge in [-0.05, 0) is 42.2 Å². The van der Waals surface area contributed by atoms with E-state index in [1.807, 2.05) is 36.6 Å². The minimum Gasteiger partial charge on any atom is -0.326 e. The Kier molecular flexibility index (Phi) is 3.66. The van der Waals surface area contributed by atoms with E-state index in [0.717, 1.165) is 16.1 Å². The van der Waals surface area contributed by atoms with Gasteiger partial charge in [0.1, 0.15) is 0 Å². The first-order valence-electron chi connectivity index (χ1n) is 6.54. The molecule has 21 heavy (non-hydrogen) atoms. The summed E-state index contributed by atoms with van der Waals surface area (Å²) in [4.78, 5) is 24.6. The highest BCUT2D eigenvalue weighted by Crippen LogP contribution is 2.27. The van der Waals surface area contributed by atoms with E-state index in [9.17, 15) is 9.59 Å². The van der Waals surface area contributed by atoms with E-state index in [1.165, 1.54) is 11.8 Å². The molecule has 2 aromatic carbocycles. The molecule has 2 aromatic rings. The Morgan fingerprint density at radius 2 is 2.05 bits per heavy atom. The predicted molar refractivity (Wildman–Crippen MR) is 85.0 cm³/mol. The Morgan fingerprint density at radius 1 is 1.24 bits per heavy atom. The summed E-state index contributed by atoms with van der Waals surface area (Å²) in [5, 5.41) is 5.66. The van der Waals surface area contributed by atoms with Crippen LogP contribution >= 0.6 is 11.8 Å². The molecule has 0 saturated carbocycles. The predicted octanol–water partition coefficient (Wildman–Crippen LogP) is 3.16. The summed E-state index contributed by atoms with van der Waals surface area (Å²) in [6.45, 7) is 0. The van der Waals surface area contributed by atoms with Gasteiger partial charge in [0, 0.05) is 16.3 Å². The molecule has 0 spiro atoms. The average molecular weight is 298 g/mol. The van der Waals surface area contributed by atoms with Gasteiger partial charge in [-0.25, -0.2) is 0 Å². The second-order valence-electron chi connectivity index (χ2n) is 4.75. The highest BCUT2D eigenvalue weighted by molar-refractivity contribution is 7.98. The smallest absolute Gasteiger partial charge is 0.256 e. The van der Waals surface area contributed by atoms with Crippen LogP contribution < -0.4 is 10.6 Å². The monoisotopic (exact) mass is 298 g/mol. The Balaban J connectivity index is 1.82. The fraction of sp³-hybridized carbons (Fsp3) is 0.125. The van der Waals surface area contributed by atoms with Crippen molar-refractivity contribution in [2.45, 2.75) is 11.3 Å². The lowest BCUT2D eigenvalue weighted by Crippen LogP contribution is -2.13. The van der Waals surface area contributed by atoms with Gasteiger partial charge in [0.2, 0.25) is 5.91 Å². The molecule has 0 aliphatic carbocycles. The SMILES string of the molecule is CSc1ccccc1C(=O)Nc1ccc2c(c1)CC(=O)N2. The molecular formula is C16H14N2O2S. The second-order valence-corrected chi connectivity index (χ2v) is 5.60. The van der Waals surface area contributed by atoms with Crippen molar-refractivity contribution >= 4 is 35.0 Å². The lowest BCUT2D eigenvalue weighted by molar-refractivity contribution is -0.115. The highest BCUT2D eigenvalue weighted by atomic mass is 32.2. The Morgan fingerprint density at radius 3 is 2.86 bits per heavy atom. The Labute approximate surface area is 126 Å². The van der Waals surface area contributed by atoms with Crippen LogP contribution in [-0.4, -0.2) is 18.1 Å².